The van der Waals surface area contributed by atoms with E-state index in [4.69, 9.17) is 23.7 Å². The smallest absolute Gasteiger partial charge is 0.234 e. The predicted octanol–water partition coefficient (Wildman–Crippen LogP) is 3.86. The van der Waals surface area contributed by atoms with Crippen LogP contribution in [0.5, 0.6) is 34.6 Å². The third kappa shape index (κ3) is 3.77. The molecule has 0 amide bonds. The van der Waals surface area contributed by atoms with Gasteiger partial charge in [0.05, 0.1) is 34.6 Å². The zero-order valence-electron chi connectivity index (χ0n) is 17.9. The van der Waals surface area contributed by atoms with Crippen LogP contribution < -0.4 is 23.7 Å². The van der Waals surface area contributed by atoms with Gasteiger partial charge in [0.25, 0.3) is 0 Å². The van der Waals surface area contributed by atoms with Gasteiger partial charge in [-0.1, -0.05) is 0 Å². The third-order valence-electron chi connectivity index (χ3n) is 4.77. The lowest BCUT2D eigenvalue weighted by Crippen LogP contribution is -1.99. The van der Waals surface area contributed by atoms with Crippen molar-refractivity contribution in [1.82, 2.24) is 19.7 Å². The van der Waals surface area contributed by atoms with E-state index in [9.17, 15) is 0 Å². The molecule has 0 aliphatic carbocycles. The van der Waals surface area contributed by atoms with Gasteiger partial charge < -0.3 is 23.7 Å². The molecule has 0 N–H and O–H groups in total. The Morgan fingerprint density at radius 1 is 0.742 bits per heavy atom. The van der Waals surface area contributed by atoms with Crippen LogP contribution >= 0.6 is 0 Å². The first kappa shape index (κ1) is 20.3. The second kappa shape index (κ2) is 8.39. The van der Waals surface area contributed by atoms with E-state index in [0.717, 1.165) is 5.56 Å². The molecule has 2 heterocycles. The lowest BCUT2D eigenvalue weighted by atomic mass is 10.2. The molecule has 2 aromatic carbocycles. The maximum Gasteiger partial charge on any atom is 0.234 e. The first-order valence-corrected chi connectivity index (χ1v) is 9.40. The van der Waals surface area contributed by atoms with E-state index < -0.39 is 0 Å². The highest BCUT2D eigenvalue weighted by Gasteiger charge is 2.17. The van der Waals surface area contributed by atoms with Crippen LogP contribution in [0.15, 0.2) is 42.6 Å². The average molecular weight is 422 g/mol. The molecule has 9 heteroatoms. The van der Waals surface area contributed by atoms with E-state index in [1.54, 1.807) is 63.6 Å². The maximum absolute atomic E-state index is 6.11. The Bertz CT molecular complexity index is 1240. The van der Waals surface area contributed by atoms with Gasteiger partial charge in [-0.2, -0.15) is 10.1 Å². The van der Waals surface area contributed by atoms with Crippen molar-refractivity contribution in [3.63, 3.8) is 0 Å². The fourth-order valence-corrected chi connectivity index (χ4v) is 3.17. The molecule has 2 aromatic heterocycles. The van der Waals surface area contributed by atoms with Gasteiger partial charge in [0.1, 0.15) is 11.1 Å². The Kier molecular flexibility index (Phi) is 5.48. The van der Waals surface area contributed by atoms with Gasteiger partial charge in [0.15, 0.2) is 34.5 Å². The maximum atomic E-state index is 6.11. The van der Waals surface area contributed by atoms with E-state index >= 15 is 0 Å². The zero-order valence-corrected chi connectivity index (χ0v) is 17.9. The van der Waals surface area contributed by atoms with Gasteiger partial charge in [-0.15, -0.1) is 0 Å². The molecule has 0 atom stereocenters. The molecule has 0 aliphatic heterocycles. The second-order valence-corrected chi connectivity index (χ2v) is 6.55. The first-order valence-electron chi connectivity index (χ1n) is 9.40. The number of hydrogen-bond acceptors (Lipinski definition) is 8. The topological polar surface area (TPSA) is 89.8 Å². The Labute approximate surface area is 179 Å². The molecule has 0 saturated carbocycles. The van der Waals surface area contributed by atoms with Gasteiger partial charge in [0, 0.05) is 18.7 Å². The van der Waals surface area contributed by atoms with Crippen LogP contribution in [0.25, 0.3) is 22.4 Å². The van der Waals surface area contributed by atoms with Crippen LogP contribution in [0.3, 0.4) is 0 Å². The molecule has 4 rings (SSSR count). The van der Waals surface area contributed by atoms with Gasteiger partial charge in [0.2, 0.25) is 5.88 Å². The summed E-state index contributed by atoms with van der Waals surface area (Å²) in [5.41, 5.74) is 1.38. The Hall–Kier alpha value is -4.01. The number of methoxy groups -OCH3 is 4. The standard InChI is InChI=1S/C22H22N4O5/c1-26-21-15(12-23-26)22(31-14-7-9-17(28-3)19(11-14)30-5)25-20(24-21)13-6-8-16(27-2)18(10-13)29-4/h6-12H,1-5H3. The lowest BCUT2D eigenvalue weighted by Gasteiger charge is -2.12. The molecule has 31 heavy (non-hydrogen) atoms. The van der Waals surface area contributed by atoms with Crippen molar-refractivity contribution >= 4 is 11.0 Å². The van der Waals surface area contributed by atoms with E-state index in [1.165, 1.54) is 0 Å². The molecule has 0 bridgehead atoms. The summed E-state index contributed by atoms with van der Waals surface area (Å²) >= 11 is 0. The molecular weight excluding hydrogens is 400 g/mol. The number of fused-ring (bicyclic) bond motifs is 1. The zero-order chi connectivity index (χ0) is 22.0. The van der Waals surface area contributed by atoms with Crippen molar-refractivity contribution in [2.24, 2.45) is 7.05 Å². The first-order chi connectivity index (χ1) is 15.1. The summed E-state index contributed by atoms with van der Waals surface area (Å²) in [4.78, 5) is 9.32. The van der Waals surface area contributed by atoms with Gasteiger partial charge in [-0.3, -0.25) is 4.68 Å². The molecule has 4 aromatic rings. The summed E-state index contributed by atoms with van der Waals surface area (Å²) in [7, 11) is 8.13. The number of aromatic nitrogens is 4. The Morgan fingerprint density at radius 2 is 1.39 bits per heavy atom. The molecule has 0 unspecified atom stereocenters. The summed E-state index contributed by atoms with van der Waals surface area (Å²) in [6.07, 6.45) is 1.67. The molecule has 9 nitrogen and oxygen atoms in total. The summed E-state index contributed by atoms with van der Waals surface area (Å²) in [5, 5.41) is 4.98. The molecule has 0 fully saturated rings. The molecule has 0 aliphatic rings. The predicted molar refractivity (Wildman–Crippen MR) is 114 cm³/mol. The number of nitrogens with zero attached hydrogens (tertiary/aromatic N) is 4. The van der Waals surface area contributed by atoms with E-state index in [0.29, 0.717) is 51.5 Å². The highest BCUT2D eigenvalue weighted by atomic mass is 16.5. The van der Waals surface area contributed by atoms with Crippen molar-refractivity contribution in [3.05, 3.63) is 42.6 Å². The molecule has 0 spiro atoms. The summed E-state index contributed by atoms with van der Waals surface area (Å²) < 4.78 is 29.2. The number of ether oxygens (including phenoxy) is 5. The highest BCUT2D eigenvalue weighted by Crippen LogP contribution is 2.36. The number of aryl methyl sites for hydroxylation is 1. The fraction of sp³-hybridized carbons (Fsp3) is 0.227. The highest BCUT2D eigenvalue weighted by molar-refractivity contribution is 5.82. The molecule has 160 valence electrons. The van der Waals surface area contributed by atoms with Crippen LogP contribution in [0.2, 0.25) is 0 Å². The van der Waals surface area contributed by atoms with E-state index in [2.05, 4.69) is 15.1 Å². The van der Waals surface area contributed by atoms with Crippen LogP contribution in [0.4, 0.5) is 0 Å². The van der Waals surface area contributed by atoms with Crippen LogP contribution in [-0.2, 0) is 7.05 Å². The normalized spacial score (nSPS) is 10.7. The Morgan fingerprint density at radius 3 is 2.06 bits per heavy atom. The number of benzene rings is 2. The van der Waals surface area contributed by atoms with Crippen LogP contribution in [0.1, 0.15) is 0 Å². The van der Waals surface area contributed by atoms with Crippen molar-refractivity contribution in [2.75, 3.05) is 28.4 Å². The monoisotopic (exact) mass is 422 g/mol. The average Bonchev–Trinajstić information content (AvgIpc) is 3.19. The van der Waals surface area contributed by atoms with Gasteiger partial charge in [-0.05, 0) is 30.3 Å². The van der Waals surface area contributed by atoms with Crippen LogP contribution in [-0.4, -0.2) is 48.2 Å². The Balaban J connectivity index is 1.81. The third-order valence-corrected chi connectivity index (χ3v) is 4.77. The number of hydrogen-bond donors (Lipinski definition) is 0. The largest absolute Gasteiger partial charge is 0.493 e. The second-order valence-electron chi connectivity index (χ2n) is 6.55. The van der Waals surface area contributed by atoms with Crippen molar-refractivity contribution < 1.29 is 23.7 Å². The van der Waals surface area contributed by atoms with Crippen molar-refractivity contribution in [3.8, 4) is 46.0 Å². The van der Waals surface area contributed by atoms with E-state index in [-0.39, 0.29) is 0 Å². The van der Waals surface area contributed by atoms with Crippen molar-refractivity contribution in [2.45, 2.75) is 0 Å². The van der Waals surface area contributed by atoms with Gasteiger partial charge in [-0.25, -0.2) is 4.98 Å². The summed E-state index contributed by atoms with van der Waals surface area (Å²) in [6.45, 7) is 0. The van der Waals surface area contributed by atoms with Gasteiger partial charge >= 0.3 is 0 Å². The summed E-state index contributed by atoms with van der Waals surface area (Å²) in [6, 6.07) is 10.8. The quantitative estimate of drug-likeness (QED) is 0.444. The minimum Gasteiger partial charge on any atom is -0.493 e. The lowest BCUT2D eigenvalue weighted by molar-refractivity contribution is 0.352. The molecule has 0 radical (unpaired) electrons. The summed E-state index contributed by atoms with van der Waals surface area (Å²) in [5.74, 6) is 3.74. The fourth-order valence-electron chi connectivity index (χ4n) is 3.17. The SMILES string of the molecule is COc1ccc(Oc2nc(-c3ccc(OC)c(OC)c3)nc3c2cnn3C)cc1OC. The minimum absolute atomic E-state index is 0.370. The van der Waals surface area contributed by atoms with E-state index in [1.807, 2.05) is 19.2 Å². The molecular formula is C22H22N4O5. The minimum atomic E-state index is 0.370. The van der Waals surface area contributed by atoms with Crippen molar-refractivity contribution in [1.29, 1.82) is 0 Å². The number of rotatable bonds is 7. The molecule has 0 saturated heterocycles. The van der Waals surface area contributed by atoms with Crippen LogP contribution in [0, 0.1) is 0 Å².